The van der Waals surface area contributed by atoms with Crippen molar-refractivity contribution in [2.75, 3.05) is 12.4 Å². The monoisotopic (exact) mass is 283 g/mol. The van der Waals surface area contributed by atoms with E-state index in [1.165, 1.54) is 5.56 Å². The SMILES string of the molecule is CCCc1ccc(Oc2nc(NC)nc3[nH]ncc23)cc1. The molecule has 0 unspecified atom stereocenters. The number of anilines is 1. The maximum Gasteiger partial charge on any atom is 0.235 e. The average molecular weight is 283 g/mol. The zero-order valence-electron chi connectivity index (χ0n) is 12.1. The number of benzene rings is 1. The molecular weight excluding hydrogens is 266 g/mol. The number of aromatic nitrogens is 4. The molecule has 0 saturated carbocycles. The van der Waals surface area contributed by atoms with Gasteiger partial charge in [0, 0.05) is 7.05 Å². The van der Waals surface area contributed by atoms with Gasteiger partial charge in [0.2, 0.25) is 11.8 Å². The standard InChI is InChI=1S/C15H17N5O/c1-3-4-10-5-7-11(8-6-10)21-14-12-9-17-20-13(12)18-15(16-2)19-14/h5-9H,3-4H2,1-2H3,(H2,16,17,18,19,20). The van der Waals surface area contributed by atoms with Gasteiger partial charge in [-0.05, 0) is 24.1 Å². The molecule has 0 atom stereocenters. The van der Waals surface area contributed by atoms with E-state index in [-0.39, 0.29) is 0 Å². The zero-order valence-corrected chi connectivity index (χ0v) is 12.1. The van der Waals surface area contributed by atoms with Crippen LogP contribution in [0, 0.1) is 0 Å². The second-order valence-electron chi connectivity index (χ2n) is 4.73. The second-order valence-corrected chi connectivity index (χ2v) is 4.73. The number of hydrogen-bond acceptors (Lipinski definition) is 5. The fourth-order valence-corrected chi connectivity index (χ4v) is 2.12. The Kier molecular flexibility index (Phi) is 3.68. The smallest absolute Gasteiger partial charge is 0.235 e. The van der Waals surface area contributed by atoms with Crippen molar-refractivity contribution in [3.63, 3.8) is 0 Å². The van der Waals surface area contributed by atoms with Crippen LogP contribution >= 0.6 is 0 Å². The van der Waals surface area contributed by atoms with Crippen molar-refractivity contribution in [1.29, 1.82) is 0 Å². The van der Waals surface area contributed by atoms with Crippen molar-refractivity contribution in [3.05, 3.63) is 36.0 Å². The molecule has 1 aromatic carbocycles. The summed E-state index contributed by atoms with van der Waals surface area (Å²) in [5.74, 6) is 1.73. The van der Waals surface area contributed by atoms with E-state index < -0.39 is 0 Å². The van der Waals surface area contributed by atoms with Crippen molar-refractivity contribution in [1.82, 2.24) is 20.2 Å². The van der Waals surface area contributed by atoms with Gasteiger partial charge in [-0.25, -0.2) is 0 Å². The third-order valence-electron chi connectivity index (χ3n) is 3.17. The maximum absolute atomic E-state index is 5.87. The molecule has 0 spiro atoms. The van der Waals surface area contributed by atoms with Gasteiger partial charge in [0.05, 0.1) is 6.20 Å². The highest BCUT2D eigenvalue weighted by Crippen LogP contribution is 2.27. The topological polar surface area (TPSA) is 75.7 Å². The first-order valence-electron chi connectivity index (χ1n) is 6.96. The van der Waals surface area contributed by atoms with Crippen LogP contribution in [0.3, 0.4) is 0 Å². The van der Waals surface area contributed by atoms with E-state index in [0.29, 0.717) is 17.5 Å². The number of nitrogens with one attached hydrogen (secondary N) is 2. The van der Waals surface area contributed by atoms with Crippen LogP contribution in [-0.2, 0) is 6.42 Å². The van der Waals surface area contributed by atoms with Crippen LogP contribution in [0.2, 0.25) is 0 Å². The van der Waals surface area contributed by atoms with Gasteiger partial charge in [-0.15, -0.1) is 0 Å². The van der Waals surface area contributed by atoms with Gasteiger partial charge in [-0.3, -0.25) is 5.10 Å². The minimum Gasteiger partial charge on any atom is -0.438 e. The van der Waals surface area contributed by atoms with E-state index in [4.69, 9.17) is 4.74 Å². The third-order valence-corrected chi connectivity index (χ3v) is 3.17. The molecule has 2 N–H and O–H groups in total. The quantitative estimate of drug-likeness (QED) is 0.752. The van der Waals surface area contributed by atoms with Crippen LogP contribution in [0.4, 0.5) is 5.95 Å². The van der Waals surface area contributed by atoms with Crippen molar-refractivity contribution < 1.29 is 4.74 Å². The van der Waals surface area contributed by atoms with Crippen LogP contribution in [0.15, 0.2) is 30.5 Å². The van der Waals surface area contributed by atoms with E-state index in [1.807, 2.05) is 12.1 Å². The summed E-state index contributed by atoms with van der Waals surface area (Å²) in [7, 11) is 1.76. The maximum atomic E-state index is 5.87. The molecule has 0 aliphatic carbocycles. The number of aromatic amines is 1. The fraction of sp³-hybridized carbons (Fsp3) is 0.267. The average Bonchev–Trinajstić information content (AvgIpc) is 2.98. The molecule has 0 amide bonds. The summed E-state index contributed by atoms with van der Waals surface area (Å²) in [5.41, 5.74) is 1.95. The van der Waals surface area contributed by atoms with Crippen LogP contribution in [-0.4, -0.2) is 27.2 Å². The Bertz CT molecular complexity index is 735. The largest absolute Gasteiger partial charge is 0.438 e. The summed E-state index contributed by atoms with van der Waals surface area (Å²) in [4.78, 5) is 8.62. The minimum absolute atomic E-state index is 0.487. The molecule has 0 radical (unpaired) electrons. The number of ether oxygens (including phenoxy) is 1. The van der Waals surface area contributed by atoms with E-state index in [0.717, 1.165) is 24.0 Å². The number of rotatable bonds is 5. The molecule has 108 valence electrons. The Hall–Kier alpha value is -2.63. The first-order chi connectivity index (χ1) is 10.3. The summed E-state index contributed by atoms with van der Waals surface area (Å²) in [5, 5.41) is 10.5. The van der Waals surface area contributed by atoms with E-state index in [1.54, 1.807) is 13.2 Å². The van der Waals surface area contributed by atoms with Crippen LogP contribution in [0.5, 0.6) is 11.6 Å². The summed E-state index contributed by atoms with van der Waals surface area (Å²) in [6.07, 6.45) is 3.87. The molecule has 0 bridgehead atoms. The van der Waals surface area contributed by atoms with Gasteiger partial charge in [0.1, 0.15) is 11.1 Å². The third kappa shape index (κ3) is 2.79. The van der Waals surface area contributed by atoms with Crippen molar-refractivity contribution in [3.8, 4) is 11.6 Å². The molecular formula is C15H17N5O. The summed E-state index contributed by atoms with van der Waals surface area (Å²) < 4.78 is 5.87. The molecule has 0 fully saturated rings. The first-order valence-corrected chi connectivity index (χ1v) is 6.96. The molecule has 21 heavy (non-hydrogen) atoms. The van der Waals surface area contributed by atoms with Crippen LogP contribution < -0.4 is 10.1 Å². The highest BCUT2D eigenvalue weighted by atomic mass is 16.5. The van der Waals surface area contributed by atoms with Crippen LogP contribution in [0.1, 0.15) is 18.9 Å². The normalized spacial score (nSPS) is 10.8. The van der Waals surface area contributed by atoms with E-state index in [9.17, 15) is 0 Å². The minimum atomic E-state index is 0.487. The Labute approximate surface area is 122 Å². The zero-order chi connectivity index (χ0) is 14.7. The first kappa shape index (κ1) is 13.4. The van der Waals surface area contributed by atoms with Crippen LogP contribution in [0.25, 0.3) is 11.0 Å². The highest BCUT2D eigenvalue weighted by Gasteiger charge is 2.11. The molecule has 0 aliphatic rings. The molecule has 0 saturated heterocycles. The van der Waals surface area contributed by atoms with Gasteiger partial charge in [-0.1, -0.05) is 25.5 Å². The molecule has 2 aromatic heterocycles. The summed E-state index contributed by atoms with van der Waals surface area (Å²) >= 11 is 0. The molecule has 2 heterocycles. The van der Waals surface area contributed by atoms with Crippen molar-refractivity contribution in [2.45, 2.75) is 19.8 Å². The lowest BCUT2D eigenvalue weighted by atomic mass is 10.1. The molecule has 3 aromatic rings. The number of hydrogen-bond donors (Lipinski definition) is 2. The van der Waals surface area contributed by atoms with Gasteiger partial charge in [-0.2, -0.15) is 15.1 Å². The molecule has 3 rings (SSSR count). The van der Waals surface area contributed by atoms with Crippen molar-refractivity contribution >= 4 is 17.0 Å². The Balaban J connectivity index is 1.91. The predicted octanol–water partition coefficient (Wildman–Crippen LogP) is 3.14. The second kappa shape index (κ2) is 5.78. The number of nitrogens with zero attached hydrogens (tertiary/aromatic N) is 3. The molecule has 6 heteroatoms. The molecule has 6 nitrogen and oxygen atoms in total. The number of aryl methyl sites for hydroxylation is 1. The van der Waals surface area contributed by atoms with Crippen molar-refractivity contribution in [2.24, 2.45) is 0 Å². The lowest BCUT2D eigenvalue weighted by molar-refractivity contribution is 0.469. The Morgan fingerprint density at radius 2 is 2.00 bits per heavy atom. The Morgan fingerprint density at radius 1 is 1.19 bits per heavy atom. The molecule has 0 aliphatic heterocycles. The summed E-state index contributed by atoms with van der Waals surface area (Å²) in [6, 6.07) is 8.06. The lowest BCUT2D eigenvalue weighted by Crippen LogP contribution is -1.99. The summed E-state index contributed by atoms with van der Waals surface area (Å²) in [6.45, 7) is 2.17. The Morgan fingerprint density at radius 3 is 2.71 bits per heavy atom. The van der Waals surface area contributed by atoms with E-state index in [2.05, 4.69) is 44.5 Å². The fourth-order valence-electron chi connectivity index (χ4n) is 2.12. The predicted molar refractivity (Wildman–Crippen MR) is 81.7 cm³/mol. The number of fused-ring (bicyclic) bond motifs is 1. The van der Waals surface area contributed by atoms with Gasteiger partial charge in [0.25, 0.3) is 0 Å². The lowest BCUT2D eigenvalue weighted by Gasteiger charge is -2.08. The van der Waals surface area contributed by atoms with E-state index >= 15 is 0 Å². The van der Waals surface area contributed by atoms with Gasteiger partial charge < -0.3 is 10.1 Å². The van der Waals surface area contributed by atoms with Gasteiger partial charge in [0.15, 0.2) is 5.65 Å². The number of H-pyrrole nitrogens is 1. The van der Waals surface area contributed by atoms with Gasteiger partial charge >= 0.3 is 0 Å². The highest BCUT2D eigenvalue weighted by molar-refractivity contribution is 5.80.